The van der Waals surface area contributed by atoms with Gasteiger partial charge in [0.2, 0.25) is 5.89 Å². The Morgan fingerprint density at radius 3 is 2.00 bits per heavy atom. The zero-order valence-corrected chi connectivity index (χ0v) is 16.7. The number of anilines is 2. The van der Waals surface area contributed by atoms with E-state index in [2.05, 4.69) is 15.6 Å². The molecular formula is C24H21N3O3. The lowest BCUT2D eigenvalue weighted by Gasteiger charge is -2.08. The van der Waals surface area contributed by atoms with Gasteiger partial charge in [-0.1, -0.05) is 29.8 Å². The first kappa shape index (κ1) is 19.3. The molecule has 0 aliphatic rings. The molecule has 150 valence electrons. The van der Waals surface area contributed by atoms with Crippen LogP contribution in [-0.4, -0.2) is 18.1 Å². The zero-order valence-electron chi connectivity index (χ0n) is 16.7. The number of methoxy groups -OCH3 is 1. The van der Waals surface area contributed by atoms with Crippen molar-refractivity contribution in [1.82, 2.24) is 4.98 Å². The van der Waals surface area contributed by atoms with Crippen molar-refractivity contribution in [1.29, 1.82) is 0 Å². The van der Waals surface area contributed by atoms with Gasteiger partial charge in [0.1, 0.15) is 17.7 Å². The minimum absolute atomic E-state index is 0.328. The van der Waals surface area contributed by atoms with Crippen molar-refractivity contribution in [2.24, 2.45) is 0 Å². The van der Waals surface area contributed by atoms with Crippen LogP contribution in [0.25, 0.3) is 22.7 Å². The van der Waals surface area contributed by atoms with Crippen LogP contribution in [0, 0.1) is 6.92 Å². The van der Waals surface area contributed by atoms with Crippen LogP contribution in [0.15, 0.2) is 83.5 Å². The van der Waals surface area contributed by atoms with E-state index >= 15 is 0 Å². The number of nitrogens with one attached hydrogen (secondary N) is 2. The Balaban J connectivity index is 1.40. The molecule has 3 aromatic carbocycles. The SMILES string of the molecule is COc1ccc(NC(=O)Nc2ccc(-c3nc(-c4ccc(C)cc4)co3)cc2)cc1. The maximum Gasteiger partial charge on any atom is 0.323 e. The summed E-state index contributed by atoms with van der Waals surface area (Å²) in [5, 5.41) is 5.58. The molecule has 4 aromatic rings. The largest absolute Gasteiger partial charge is 0.497 e. The number of aryl methyl sites for hydroxylation is 1. The highest BCUT2D eigenvalue weighted by atomic mass is 16.5. The fraction of sp³-hybridized carbons (Fsp3) is 0.0833. The van der Waals surface area contributed by atoms with Crippen molar-refractivity contribution in [3.05, 3.63) is 84.6 Å². The van der Waals surface area contributed by atoms with Crippen molar-refractivity contribution in [2.75, 3.05) is 17.7 Å². The molecule has 0 fully saturated rings. The van der Waals surface area contributed by atoms with Crippen LogP contribution in [0.2, 0.25) is 0 Å². The van der Waals surface area contributed by atoms with E-state index in [0.29, 0.717) is 17.3 Å². The summed E-state index contributed by atoms with van der Waals surface area (Å²) in [5.41, 5.74) is 5.15. The third-order valence-electron chi connectivity index (χ3n) is 4.59. The molecule has 2 N–H and O–H groups in total. The first-order valence-corrected chi connectivity index (χ1v) is 9.46. The topological polar surface area (TPSA) is 76.4 Å². The van der Waals surface area contributed by atoms with E-state index in [1.165, 1.54) is 5.56 Å². The number of hydrogen-bond acceptors (Lipinski definition) is 4. The Morgan fingerprint density at radius 2 is 1.40 bits per heavy atom. The zero-order chi connectivity index (χ0) is 20.9. The molecule has 4 rings (SSSR count). The number of carbonyl (C=O) groups is 1. The van der Waals surface area contributed by atoms with Gasteiger partial charge in [0.25, 0.3) is 0 Å². The Labute approximate surface area is 174 Å². The lowest BCUT2D eigenvalue weighted by Crippen LogP contribution is -2.19. The third-order valence-corrected chi connectivity index (χ3v) is 4.59. The maximum atomic E-state index is 12.2. The second-order valence-corrected chi connectivity index (χ2v) is 6.79. The Kier molecular flexibility index (Phi) is 5.48. The van der Waals surface area contributed by atoms with E-state index in [9.17, 15) is 4.79 Å². The van der Waals surface area contributed by atoms with Gasteiger partial charge in [-0.25, -0.2) is 9.78 Å². The van der Waals surface area contributed by atoms with E-state index in [4.69, 9.17) is 9.15 Å². The Hall–Kier alpha value is -4.06. The van der Waals surface area contributed by atoms with Crippen molar-refractivity contribution in [3.63, 3.8) is 0 Å². The number of rotatable bonds is 5. The molecule has 0 bridgehead atoms. The van der Waals surface area contributed by atoms with Crippen LogP contribution in [-0.2, 0) is 0 Å². The number of aromatic nitrogens is 1. The molecule has 6 heteroatoms. The average Bonchev–Trinajstić information content (AvgIpc) is 3.25. The molecule has 30 heavy (non-hydrogen) atoms. The summed E-state index contributed by atoms with van der Waals surface area (Å²) in [4.78, 5) is 16.8. The number of carbonyl (C=O) groups excluding carboxylic acids is 1. The lowest BCUT2D eigenvalue weighted by molar-refractivity contribution is 0.262. The predicted molar refractivity (Wildman–Crippen MR) is 118 cm³/mol. The molecule has 0 saturated carbocycles. The molecule has 0 radical (unpaired) electrons. The van der Waals surface area contributed by atoms with E-state index in [1.54, 1.807) is 49.8 Å². The Bertz CT molecular complexity index is 1130. The summed E-state index contributed by atoms with van der Waals surface area (Å²) in [7, 11) is 1.60. The number of nitrogens with zero attached hydrogens (tertiary/aromatic N) is 1. The molecule has 0 unspecified atom stereocenters. The van der Waals surface area contributed by atoms with Crippen LogP contribution in [0.3, 0.4) is 0 Å². The number of hydrogen-bond donors (Lipinski definition) is 2. The van der Waals surface area contributed by atoms with Crippen LogP contribution in [0.4, 0.5) is 16.2 Å². The van der Waals surface area contributed by atoms with Crippen molar-refractivity contribution < 1.29 is 13.9 Å². The molecule has 1 aromatic heterocycles. The highest BCUT2D eigenvalue weighted by Gasteiger charge is 2.09. The summed E-state index contributed by atoms with van der Waals surface area (Å²) in [6, 6.07) is 22.2. The number of urea groups is 1. The second kappa shape index (κ2) is 8.53. The summed E-state index contributed by atoms with van der Waals surface area (Å²) >= 11 is 0. The summed E-state index contributed by atoms with van der Waals surface area (Å²) in [5.74, 6) is 1.26. The minimum Gasteiger partial charge on any atom is -0.497 e. The summed E-state index contributed by atoms with van der Waals surface area (Å²) in [6.07, 6.45) is 1.65. The first-order chi connectivity index (χ1) is 14.6. The molecule has 0 atom stereocenters. The van der Waals surface area contributed by atoms with Gasteiger partial charge < -0.3 is 19.8 Å². The molecule has 6 nitrogen and oxygen atoms in total. The summed E-state index contributed by atoms with van der Waals surface area (Å²) in [6.45, 7) is 2.05. The van der Waals surface area contributed by atoms with Gasteiger partial charge in [0.05, 0.1) is 7.11 Å². The van der Waals surface area contributed by atoms with E-state index in [1.807, 2.05) is 43.3 Å². The number of oxazole rings is 1. The average molecular weight is 399 g/mol. The van der Waals surface area contributed by atoms with Crippen LogP contribution in [0.1, 0.15) is 5.56 Å². The predicted octanol–water partition coefficient (Wildman–Crippen LogP) is 5.97. The smallest absolute Gasteiger partial charge is 0.323 e. The molecule has 0 spiro atoms. The van der Waals surface area contributed by atoms with Crippen molar-refractivity contribution in [2.45, 2.75) is 6.92 Å². The van der Waals surface area contributed by atoms with Gasteiger partial charge in [-0.05, 0) is 55.5 Å². The van der Waals surface area contributed by atoms with Gasteiger partial charge in [0.15, 0.2) is 0 Å². The van der Waals surface area contributed by atoms with E-state index in [0.717, 1.165) is 22.6 Å². The highest BCUT2D eigenvalue weighted by molar-refractivity contribution is 5.99. The Morgan fingerprint density at radius 1 is 0.833 bits per heavy atom. The van der Waals surface area contributed by atoms with Crippen LogP contribution < -0.4 is 15.4 Å². The molecule has 2 amide bonds. The van der Waals surface area contributed by atoms with Crippen LogP contribution in [0.5, 0.6) is 5.75 Å². The van der Waals surface area contributed by atoms with E-state index in [-0.39, 0.29) is 6.03 Å². The highest BCUT2D eigenvalue weighted by Crippen LogP contribution is 2.26. The lowest BCUT2D eigenvalue weighted by atomic mass is 10.1. The van der Waals surface area contributed by atoms with Crippen LogP contribution >= 0.6 is 0 Å². The number of benzene rings is 3. The first-order valence-electron chi connectivity index (χ1n) is 9.46. The van der Waals surface area contributed by atoms with Gasteiger partial charge in [-0.15, -0.1) is 0 Å². The van der Waals surface area contributed by atoms with Gasteiger partial charge in [-0.3, -0.25) is 0 Å². The molecule has 0 aliphatic carbocycles. The number of ether oxygens (including phenoxy) is 1. The van der Waals surface area contributed by atoms with Gasteiger partial charge in [-0.2, -0.15) is 0 Å². The third kappa shape index (κ3) is 4.50. The summed E-state index contributed by atoms with van der Waals surface area (Å²) < 4.78 is 10.7. The van der Waals surface area contributed by atoms with Gasteiger partial charge in [0, 0.05) is 22.5 Å². The fourth-order valence-corrected chi connectivity index (χ4v) is 2.93. The fourth-order valence-electron chi connectivity index (χ4n) is 2.93. The quantitative estimate of drug-likeness (QED) is 0.433. The monoisotopic (exact) mass is 399 g/mol. The van der Waals surface area contributed by atoms with Crippen molar-refractivity contribution in [3.8, 4) is 28.5 Å². The maximum absolute atomic E-state index is 12.2. The van der Waals surface area contributed by atoms with Crippen molar-refractivity contribution >= 4 is 17.4 Å². The molecule has 0 aliphatic heterocycles. The molecule has 1 heterocycles. The standard InChI is InChI=1S/C24H21N3O3/c1-16-3-5-17(6-4-16)22-15-30-23(27-22)18-7-9-19(10-8-18)25-24(28)26-20-11-13-21(29-2)14-12-20/h3-15H,1-2H3,(H2,25,26,28). The van der Waals surface area contributed by atoms with Gasteiger partial charge >= 0.3 is 6.03 Å². The molecule has 0 saturated heterocycles. The number of amides is 2. The minimum atomic E-state index is -0.328. The van der Waals surface area contributed by atoms with E-state index < -0.39 is 0 Å². The molecular weight excluding hydrogens is 378 g/mol. The normalized spacial score (nSPS) is 10.5. The second-order valence-electron chi connectivity index (χ2n) is 6.79.